The Balaban J connectivity index is 2.11. The van der Waals surface area contributed by atoms with Gasteiger partial charge in [0.05, 0.1) is 3.79 Å². The first-order chi connectivity index (χ1) is 8.19. The van der Waals surface area contributed by atoms with E-state index in [9.17, 15) is 0 Å². The number of thiophene rings is 1. The van der Waals surface area contributed by atoms with E-state index >= 15 is 0 Å². The number of hydrogen-bond acceptors (Lipinski definition) is 4. The first kappa shape index (κ1) is 12.4. The minimum Gasteiger partial charge on any atom is -0.373 e. The van der Waals surface area contributed by atoms with Crippen molar-refractivity contribution in [2.24, 2.45) is 0 Å². The van der Waals surface area contributed by atoms with E-state index in [0.29, 0.717) is 0 Å². The zero-order valence-electron chi connectivity index (χ0n) is 9.77. The lowest BCUT2D eigenvalue weighted by molar-refractivity contribution is 0.925. The summed E-state index contributed by atoms with van der Waals surface area (Å²) in [4.78, 5) is 6.41. The Kier molecular flexibility index (Phi) is 4.02. The molecular weight excluding hydrogens is 298 g/mol. The van der Waals surface area contributed by atoms with E-state index in [1.54, 1.807) is 11.3 Å². The van der Waals surface area contributed by atoms with Crippen LogP contribution in [0.2, 0.25) is 0 Å². The van der Waals surface area contributed by atoms with Gasteiger partial charge in [0.25, 0.3) is 0 Å². The highest BCUT2D eigenvalue weighted by Crippen LogP contribution is 2.23. The molecule has 0 saturated heterocycles. The average Bonchev–Trinajstić information content (AvgIpc) is 2.75. The summed E-state index contributed by atoms with van der Waals surface area (Å²) in [6, 6.07) is 6.21. The largest absolute Gasteiger partial charge is 0.373 e. The molecule has 90 valence electrons. The summed E-state index contributed by atoms with van der Waals surface area (Å²) >= 11 is 5.20. The lowest BCUT2D eigenvalue weighted by Gasteiger charge is -2.19. The van der Waals surface area contributed by atoms with E-state index in [1.165, 1.54) is 9.35 Å². The van der Waals surface area contributed by atoms with Gasteiger partial charge in [-0.15, -0.1) is 11.3 Å². The van der Waals surface area contributed by atoms with Crippen molar-refractivity contribution in [3.63, 3.8) is 0 Å². The Morgan fingerprint density at radius 2 is 2.29 bits per heavy atom. The second kappa shape index (κ2) is 5.51. The van der Waals surface area contributed by atoms with Crippen LogP contribution >= 0.6 is 27.3 Å². The number of pyridine rings is 1. The molecule has 17 heavy (non-hydrogen) atoms. The zero-order chi connectivity index (χ0) is 12.3. The number of aromatic nitrogens is 1. The normalized spacial score (nSPS) is 10.3. The molecule has 0 aliphatic rings. The number of nitrogens with one attached hydrogen (secondary N) is 1. The lowest BCUT2D eigenvalue weighted by Crippen LogP contribution is -2.16. The molecule has 0 atom stereocenters. The van der Waals surface area contributed by atoms with Crippen molar-refractivity contribution in [3.05, 3.63) is 39.1 Å². The van der Waals surface area contributed by atoms with Crippen LogP contribution in [0, 0.1) is 0 Å². The molecule has 0 aliphatic heterocycles. The van der Waals surface area contributed by atoms with E-state index in [1.807, 2.05) is 25.4 Å². The van der Waals surface area contributed by atoms with Crippen molar-refractivity contribution in [3.8, 4) is 0 Å². The summed E-state index contributed by atoms with van der Waals surface area (Å²) in [5, 5.41) is 5.21. The molecule has 0 aromatic carbocycles. The van der Waals surface area contributed by atoms with Crippen molar-refractivity contribution in [2.45, 2.75) is 6.54 Å². The van der Waals surface area contributed by atoms with Gasteiger partial charge in [-0.25, -0.2) is 4.98 Å². The van der Waals surface area contributed by atoms with Gasteiger partial charge in [0, 0.05) is 38.6 Å². The maximum Gasteiger partial charge on any atom is 0.127 e. The molecule has 0 fully saturated rings. The van der Waals surface area contributed by atoms with Gasteiger partial charge in [-0.1, -0.05) is 0 Å². The van der Waals surface area contributed by atoms with Gasteiger partial charge in [-0.05, 0) is 39.0 Å². The molecule has 1 N–H and O–H groups in total. The molecule has 0 aliphatic carbocycles. The third kappa shape index (κ3) is 3.20. The summed E-state index contributed by atoms with van der Waals surface area (Å²) in [5.41, 5.74) is 2.47. The highest BCUT2D eigenvalue weighted by molar-refractivity contribution is 9.11. The minimum atomic E-state index is 0.890. The molecule has 0 radical (unpaired) electrons. The molecule has 3 nitrogen and oxygen atoms in total. The molecule has 0 spiro atoms. The Hall–Kier alpha value is -1.07. The van der Waals surface area contributed by atoms with Crippen molar-refractivity contribution in [1.29, 1.82) is 0 Å². The minimum absolute atomic E-state index is 0.890. The Labute approximate surface area is 114 Å². The first-order valence-corrected chi connectivity index (χ1v) is 6.94. The van der Waals surface area contributed by atoms with Crippen molar-refractivity contribution < 1.29 is 0 Å². The van der Waals surface area contributed by atoms with E-state index in [2.05, 4.69) is 49.6 Å². The van der Waals surface area contributed by atoms with Crippen LogP contribution in [0.4, 0.5) is 11.5 Å². The van der Waals surface area contributed by atoms with Crippen LogP contribution < -0.4 is 10.2 Å². The Morgan fingerprint density at radius 1 is 1.47 bits per heavy atom. The standard InChI is InChI=1S/C12H14BrN3S/c1-14-12-6-10(3-4-15-12)16(2)7-9-5-11(13)17-8-9/h3-6,8H,7H2,1-2H3,(H,14,15). The summed E-state index contributed by atoms with van der Waals surface area (Å²) in [5.74, 6) is 0.890. The molecule has 5 heteroatoms. The van der Waals surface area contributed by atoms with Gasteiger partial charge in [0.1, 0.15) is 5.82 Å². The van der Waals surface area contributed by atoms with Crippen molar-refractivity contribution in [1.82, 2.24) is 4.98 Å². The van der Waals surface area contributed by atoms with Crippen molar-refractivity contribution >= 4 is 38.8 Å². The van der Waals surface area contributed by atoms with Crippen LogP contribution in [-0.2, 0) is 6.54 Å². The fraction of sp³-hybridized carbons (Fsp3) is 0.250. The number of hydrogen-bond donors (Lipinski definition) is 1. The van der Waals surface area contributed by atoms with E-state index < -0.39 is 0 Å². The van der Waals surface area contributed by atoms with Crippen LogP contribution in [0.25, 0.3) is 0 Å². The van der Waals surface area contributed by atoms with Gasteiger partial charge < -0.3 is 10.2 Å². The van der Waals surface area contributed by atoms with E-state index in [4.69, 9.17) is 0 Å². The quantitative estimate of drug-likeness (QED) is 0.935. The molecule has 0 bridgehead atoms. The van der Waals surface area contributed by atoms with Crippen LogP contribution in [0.15, 0.2) is 33.6 Å². The molecule has 0 saturated carbocycles. The predicted molar refractivity (Wildman–Crippen MR) is 77.9 cm³/mol. The molecule has 0 unspecified atom stereocenters. The van der Waals surface area contributed by atoms with Crippen molar-refractivity contribution in [2.75, 3.05) is 24.3 Å². The fourth-order valence-electron chi connectivity index (χ4n) is 1.59. The van der Waals surface area contributed by atoms with Gasteiger partial charge in [-0.2, -0.15) is 0 Å². The first-order valence-electron chi connectivity index (χ1n) is 5.27. The Bertz CT molecular complexity index is 498. The average molecular weight is 312 g/mol. The lowest BCUT2D eigenvalue weighted by atomic mass is 10.3. The topological polar surface area (TPSA) is 28.2 Å². The highest BCUT2D eigenvalue weighted by atomic mass is 79.9. The van der Waals surface area contributed by atoms with Crippen LogP contribution in [0.5, 0.6) is 0 Å². The molecule has 2 aromatic heterocycles. The van der Waals surface area contributed by atoms with Gasteiger partial charge in [0.2, 0.25) is 0 Å². The van der Waals surface area contributed by atoms with Gasteiger partial charge in [-0.3, -0.25) is 0 Å². The number of rotatable bonds is 4. The summed E-state index contributed by atoms with van der Waals surface area (Å²) < 4.78 is 1.17. The Morgan fingerprint density at radius 3 is 2.94 bits per heavy atom. The second-order valence-corrected chi connectivity index (χ2v) is 6.05. The fourth-order valence-corrected chi connectivity index (χ4v) is 2.79. The van der Waals surface area contributed by atoms with Crippen LogP contribution in [0.1, 0.15) is 5.56 Å². The smallest absolute Gasteiger partial charge is 0.127 e. The summed E-state index contributed by atoms with van der Waals surface area (Å²) in [7, 11) is 3.96. The summed E-state index contributed by atoms with van der Waals surface area (Å²) in [6.07, 6.45) is 1.82. The molecule has 2 aromatic rings. The maximum absolute atomic E-state index is 4.21. The maximum atomic E-state index is 4.21. The molecule has 2 heterocycles. The SMILES string of the molecule is CNc1cc(N(C)Cc2csc(Br)c2)ccn1. The van der Waals surface area contributed by atoms with E-state index in [0.717, 1.165) is 18.1 Å². The number of nitrogens with zero attached hydrogens (tertiary/aromatic N) is 2. The zero-order valence-corrected chi connectivity index (χ0v) is 12.2. The second-order valence-electron chi connectivity index (χ2n) is 3.76. The van der Waals surface area contributed by atoms with Gasteiger partial charge >= 0.3 is 0 Å². The predicted octanol–water partition coefficient (Wildman–Crippen LogP) is 3.58. The summed E-state index contributed by atoms with van der Waals surface area (Å²) in [6.45, 7) is 0.898. The number of anilines is 2. The van der Waals surface area contributed by atoms with Crippen LogP contribution in [-0.4, -0.2) is 19.1 Å². The highest BCUT2D eigenvalue weighted by Gasteiger charge is 2.04. The number of halogens is 1. The molecule has 0 amide bonds. The third-order valence-electron chi connectivity index (χ3n) is 2.48. The monoisotopic (exact) mass is 311 g/mol. The van der Waals surface area contributed by atoms with Crippen LogP contribution in [0.3, 0.4) is 0 Å². The van der Waals surface area contributed by atoms with E-state index in [-0.39, 0.29) is 0 Å². The molecule has 2 rings (SSSR count). The van der Waals surface area contributed by atoms with Gasteiger partial charge in [0.15, 0.2) is 0 Å². The molecular formula is C12H14BrN3S. The third-order valence-corrected chi connectivity index (χ3v) is 4.04.